The third-order valence-corrected chi connectivity index (χ3v) is 1.32. The Labute approximate surface area is 60.4 Å². The predicted molar refractivity (Wildman–Crippen MR) is 43.4 cm³/mol. The van der Waals surface area contributed by atoms with Gasteiger partial charge in [-0.15, -0.1) is 0 Å². The summed E-state index contributed by atoms with van der Waals surface area (Å²) < 4.78 is 0. The van der Waals surface area contributed by atoms with E-state index in [1.807, 2.05) is 13.0 Å². The van der Waals surface area contributed by atoms with Gasteiger partial charge in [-0.1, -0.05) is 5.57 Å². The smallest absolute Gasteiger partial charge is 0.148 e. The SMILES string of the molecule is CN=C1C=C(C)CC(N)=N1. The van der Waals surface area contributed by atoms with Crippen LogP contribution in [0.1, 0.15) is 13.3 Å². The van der Waals surface area contributed by atoms with E-state index in [0.717, 1.165) is 12.3 Å². The average Bonchev–Trinajstić information content (AvgIpc) is 1.85. The molecule has 0 bridgehead atoms. The first kappa shape index (κ1) is 6.99. The van der Waals surface area contributed by atoms with E-state index >= 15 is 0 Å². The molecule has 3 nitrogen and oxygen atoms in total. The van der Waals surface area contributed by atoms with Gasteiger partial charge >= 0.3 is 0 Å². The highest BCUT2D eigenvalue weighted by atomic mass is 15.0. The quantitative estimate of drug-likeness (QED) is 0.525. The van der Waals surface area contributed by atoms with Crippen LogP contribution >= 0.6 is 0 Å². The molecule has 0 aromatic carbocycles. The highest BCUT2D eigenvalue weighted by molar-refractivity contribution is 6.06. The van der Waals surface area contributed by atoms with E-state index in [0.29, 0.717) is 5.84 Å². The fourth-order valence-electron chi connectivity index (χ4n) is 0.891. The normalized spacial score (nSPS) is 22.4. The third kappa shape index (κ3) is 1.43. The molecular weight excluding hydrogens is 126 g/mol. The lowest BCUT2D eigenvalue weighted by Crippen LogP contribution is -2.17. The minimum absolute atomic E-state index is 0.653. The number of nitrogens with two attached hydrogens (primary N) is 1. The van der Waals surface area contributed by atoms with Crippen LogP contribution in [-0.2, 0) is 0 Å². The molecule has 0 radical (unpaired) electrons. The van der Waals surface area contributed by atoms with Crippen LogP contribution in [0.15, 0.2) is 21.6 Å². The van der Waals surface area contributed by atoms with Crippen LogP contribution in [0.25, 0.3) is 0 Å². The molecule has 0 fully saturated rings. The molecule has 0 spiro atoms. The van der Waals surface area contributed by atoms with E-state index in [4.69, 9.17) is 5.73 Å². The summed E-state index contributed by atoms with van der Waals surface area (Å²) in [5.74, 6) is 1.38. The maximum Gasteiger partial charge on any atom is 0.148 e. The maximum absolute atomic E-state index is 5.52. The van der Waals surface area contributed by atoms with E-state index in [1.165, 1.54) is 5.57 Å². The molecule has 10 heavy (non-hydrogen) atoms. The number of hydrogen-bond acceptors (Lipinski definition) is 2. The fourth-order valence-corrected chi connectivity index (χ4v) is 0.891. The van der Waals surface area contributed by atoms with Crippen molar-refractivity contribution in [3.05, 3.63) is 11.6 Å². The molecule has 0 aliphatic carbocycles. The van der Waals surface area contributed by atoms with E-state index in [9.17, 15) is 0 Å². The van der Waals surface area contributed by atoms with Crippen molar-refractivity contribution in [2.45, 2.75) is 13.3 Å². The lowest BCUT2D eigenvalue weighted by Gasteiger charge is -2.06. The summed E-state index contributed by atoms with van der Waals surface area (Å²) in [6.45, 7) is 2.02. The van der Waals surface area contributed by atoms with Crippen molar-refractivity contribution in [1.82, 2.24) is 0 Å². The Morgan fingerprint density at radius 1 is 1.70 bits per heavy atom. The second-order valence-corrected chi connectivity index (χ2v) is 2.35. The van der Waals surface area contributed by atoms with Crippen LogP contribution in [-0.4, -0.2) is 18.7 Å². The van der Waals surface area contributed by atoms with Gasteiger partial charge in [0.05, 0.1) is 0 Å². The van der Waals surface area contributed by atoms with Gasteiger partial charge in [-0.3, -0.25) is 4.99 Å². The third-order valence-electron chi connectivity index (χ3n) is 1.32. The van der Waals surface area contributed by atoms with E-state index < -0.39 is 0 Å². The number of amidine groups is 2. The van der Waals surface area contributed by atoms with Crippen LogP contribution in [0.3, 0.4) is 0 Å². The molecule has 1 heterocycles. The van der Waals surface area contributed by atoms with Crippen molar-refractivity contribution in [1.29, 1.82) is 0 Å². The zero-order valence-electron chi connectivity index (χ0n) is 6.26. The second kappa shape index (κ2) is 2.64. The number of hydrogen-bond donors (Lipinski definition) is 1. The summed E-state index contributed by atoms with van der Waals surface area (Å²) in [6, 6.07) is 0. The maximum atomic E-state index is 5.52. The Balaban J connectivity index is 2.87. The van der Waals surface area contributed by atoms with Crippen molar-refractivity contribution in [3.8, 4) is 0 Å². The van der Waals surface area contributed by atoms with Crippen LogP contribution in [0.5, 0.6) is 0 Å². The summed E-state index contributed by atoms with van der Waals surface area (Å²) in [5, 5.41) is 0. The Morgan fingerprint density at radius 2 is 2.40 bits per heavy atom. The fraction of sp³-hybridized carbons (Fsp3) is 0.429. The molecule has 0 saturated heterocycles. The van der Waals surface area contributed by atoms with Gasteiger partial charge in [-0.25, -0.2) is 4.99 Å². The number of rotatable bonds is 0. The van der Waals surface area contributed by atoms with Crippen molar-refractivity contribution in [2.24, 2.45) is 15.7 Å². The van der Waals surface area contributed by atoms with Crippen LogP contribution in [0.2, 0.25) is 0 Å². The Hall–Kier alpha value is -1.12. The van der Waals surface area contributed by atoms with Crippen molar-refractivity contribution >= 4 is 11.7 Å². The van der Waals surface area contributed by atoms with Gasteiger partial charge in [-0.2, -0.15) is 0 Å². The summed E-state index contributed by atoms with van der Waals surface area (Å²) >= 11 is 0. The van der Waals surface area contributed by atoms with Gasteiger partial charge in [0.1, 0.15) is 11.7 Å². The molecule has 2 N–H and O–H groups in total. The lowest BCUT2D eigenvalue weighted by molar-refractivity contribution is 1.20. The largest absolute Gasteiger partial charge is 0.387 e. The van der Waals surface area contributed by atoms with Gasteiger partial charge in [0, 0.05) is 13.5 Å². The van der Waals surface area contributed by atoms with Crippen molar-refractivity contribution in [2.75, 3.05) is 7.05 Å². The monoisotopic (exact) mass is 137 g/mol. The molecular formula is C7H11N3. The minimum Gasteiger partial charge on any atom is -0.387 e. The molecule has 1 aliphatic heterocycles. The predicted octanol–water partition coefficient (Wildman–Crippen LogP) is 0.722. The zero-order valence-corrected chi connectivity index (χ0v) is 6.26. The van der Waals surface area contributed by atoms with E-state index in [-0.39, 0.29) is 0 Å². The van der Waals surface area contributed by atoms with Gasteiger partial charge in [0.25, 0.3) is 0 Å². The van der Waals surface area contributed by atoms with E-state index in [2.05, 4.69) is 9.98 Å². The first-order valence-electron chi connectivity index (χ1n) is 3.19. The van der Waals surface area contributed by atoms with Crippen LogP contribution in [0, 0.1) is 0 Å². The summed E-state index contributed by atoms with van der Waals surface area (Å²) in [6.07, 6.45) is 2.72. The second-order valence-electron chi connectivity index (χ2n) is 2.35. The molecule has 54 valence electrons. The summed E-state index contributed by atoms with van der Waals surface area (Å²) in [5.41, 5.74) is 6.74. The molecule has 0 amide bonds. The first-order chi connectivity index (χ1) is 4.72. The highest BCUT2D eigenvalue weighted by Crippen LogP contribution is 2.06. The van der Waals surface area contributed by atoms with Crippen molar-refractivity contribution in [3.63, 3.8) is 0 Å². The van der Waals surface area contributed by atoms with Crippen LogP contribution in [0.4, 0.5) is 0 Å². The van der Waals surface area contributed by atoms with Gasteiger partial charge in [0.2, 0.25) is 0 Å². The molecule has 0 aromatic heterocycles. The van der Waals surface area contributed by atoms with E-state index in [1.54, 1.807) is 7.05 Å². The number of nitrogens with zero attached hydrogens (tertiary/aromatic N) is 2. The number of dihydropyridines is 1. The number of aliphatic imine (C=N–C) groups is 2. The summed E-state index contributed by atoms with van der Waals surface area (Å²) in [7, 11) is 1.71. The highest BCUT2D eigenvalue weighted by Gasteiger charge is 2.03. The van der Waals surface area contributed by atoms with Crippen molar-refractivity contribution < 1.29 is 0 Å². The average molecular weight is 137 g/mol. The molecule has 0 aromatic rings. The lowest BCUT2D eigenvalue weighted by atomic mass is 10.1. The molecule has 1 rings (SSSR count). The molecule has 0 unspecified atom stereocenters. The van der Waals surface area contributed by atoms with Gasteiger partial charge in [-0.05, 0) is 13.0 Å². The molecule has 0 atom stereocenters. The Morgan fingerprint density at radius 3 is 2.90 bits per heavy atom. The van der Waals surface area contributed by atoms with Crippen LogP contribution < -0.4 is 5.73 Å². The zero-order chi connectivity index (χ0) is 7.56. The standard InChI is InChI=1S/C7H11N3/c1-5-3-6(8)10-7(4-5)9-2/h4H,3H2,1-2H3,(H2,8,9,10). The van der Waals surface area contributed by atoms with Gasteiger partial charge in [0.15, 0.2) is 0 Å². The molecule has 3 heteroatoms. The topological polar surface area (TPSA) is 50.7 Å². The minimum atomic E-state index is 0.653. The summed E-state index contributed by atoms with van der Waals surface area (Å²) in [4.78, 5) is 7.94. The Kier molecular flexibility index (Phi) is 1.85. The molecule has 0 saturated carbocycles. The first-order valence-corrected chi connectivity index (χ1v) is 3.19. The van der Waals surface area contributed by atoms with Gasteiger partial charge < -0.3 is 5.73 Å². The molecule has 1 aliphatic rings. The Bertz CT molecular complexity index is 203.